The van der Waals surface area contributed by atoms with E-state index >= 15 is 0 Å². The van der Waals surface area contributed by atoms with Crippen molar-refractivity contribution in [1.82, 2.24) is 0 Å². The number of phenols is 1. The summed E-state index contributed by atoms with van der Waals surface area (Å²) in [6.07, 6.45) is -0.143. The zero-order valence-corrected chi connectivity index (χ0v) is 13.8. The molecule has 2 aromatic rings. The van der Waals surface area contributed by atoms with E-state index in [-0.39, 0.29) is 29.6 Å². The summed E-state index contributed by atoms with van der Waals surface area (Å²) in [6.45, 7) is 1.43. The number of carboxylic acid groups (broad SMARTS) is 1. The van der Waals surface area contributed by atoms with Crippen LogP contribution >= 0.6 is 0 Å². The molecule has 142 valence electrons. The second-order valence-electron chi connectivity index (χ2n) is 5.26. The summed E-state index contributed by atoms with van der Waals surface area (Å²) in [6, 6.07) is 5.63. The van der Waals surface area contributed by atoms with Crippen LogP contribution in [-0.2, 0) is 4.79 Å². The highest BCUT2D eigenvalue weighted by Crippen LogP contribution is 2.29. The molecular weight excluding hydrogens is 370 g/mol. The first kappa shape index (κ1) is 20.0. The van der Waals surface area contributed by atoms with E-state index in [2.05, 4.69) is 4.99 Å². The fraction of sp³-hybridized carbons (Fsp3) is 0.111. The van der Waals surface area contributed by atoms with E-state index in [4.69, 9.17) is 0 Å². The molecule has 0 aliphatic carbocycles. The molecule has 0 atom stereocenters. The van der Waals surface area contributed by atoms with Crippen molar-refractivity contribution >= 4 is 23.1 Å². The summed E-state index contributed by atoms with van der Waals surface area (Å²) in [4.78, 5) is 15.4. The summed E-state index contributed by atoms with van der Waals surface area (Å²) in [5.41, 5.74) is -2.80. The molecule has 5 nitrogen and oxygen atoms in total. The van der Waals surface area contributed by atoms with E-state index in [1.165, 1.54) is 31.2 Å². The standard InChI is InChI=1S/C18H13F4NO4/c1-2-10(23-11-5-3-4-6-12(11)24)13(18(26)27)17(25)8-7-9(19)15(21)16(22)14(8)20/h3-7,24-25H,2H2,1H3,(H,26,27)/p-1/b17-13+,23-10?. The minimum Gasteiger partial charge on any atom is -0.871 e. The van der Waals surface area contributed by atoms with Crippen molar-refractivity contribution < 1.29 is 37.7 Å². The lowest BCUT2D eigenvalue weighted by Gasteiger charge is -2.19. The first-order chi connectivity index (χ1) is 12.7. The molecule has 0 aliphatic rings. The number of para-hydroxylation sites is 2. The lowest BCUT2D eigenvalue weighted by atomic mass is 10.0. The maximum atomic E-state index is 13.9. The van der Waals surface area contributed by atoms with Crippen LogP contribution in [0.25, 0.3) is 5.76 Å². The molecule has 0 aromatic heterocycles. The average molecular weight is 382 g/mol. The number of aromatic hydroxyl groups is 1. The number of halogens is 4. The summed E-state index contributed by atoms with van der Waals surface area (Å²) in [7, 11) is 0. The van der Waals surface area contributed by atoms with Crippen LogP contribution in [0.4, 0.5) is 23.2 Å². The third kappa shape index (κ3) is 3.91. The number of benzene rings is 2. The predicted octanol–water partition coefficient (Wildman–Crippen LogP) is 3.29. The Morgan fingerprint density at radius 1 is 1.11 bits per heavy atom. The highest BCUT2D eigenvalue weighted by atomic mass is 19.2. The Hall–Kier alpha value is -3.36. The molecule has 0 fully saturated rings. The number of hydrogen-bond donors (Lipinski definition) is 2. The highest BCUT2D eigenvalue weighted by Gasteiger charge is 2.23. The molecule has 0 spiro atoms. The van der Waals surface area contributed by atoms with Crippen molar-refractivity contribution in [2.24, 2.45) is 4.99 Å². The van der Waals surface area contributed by atoms with E-state index in [1.54, 1.807) is 0 Å². The molecular formula is C18H12F4NO4-. The number of carboxylic acids is 1. The van der Waals surface area contributed by atoms with E-state index in [9.17, 15) is 37.7 Å². The molecule has 2 rings (SSSR count). The van der Waals surface area contributed by atoms with Gasteiger partial charge in [-0.25, -0.2) is 27.3 Å². The monoisotopic (exact) mass is 382 g/mol. The van der Waals surface area contributed by atoms with Crippen molar-refractivity contribution in [1.29, 1.82) is 0 Å². The van der Waals surface area contributed by atoms with Gasteiger partial charge in [0.05, 0.1) is 11.3 Å². The molecule has 27 heavy (non-hydrogen) atoms. The summed E-state index contributed by atoms with van der Waals surface area (Å²) >= 11 is 0. The van der Waals surface area contributed by atoms with Gasteiger partial charge in [-0.15, -0.1) is 0 Å². The van der Waals surface area contributed by atoms with Gasteiger partial charge in [-0.1, -0.05) is 24.8 Å². The van der Waals surface area contributed by atoms with E-state index in [1.807, 2.05) is 0 Å². The highest BCUT2D eigenvalue weighted by molar-refractivity contribution is 6.23. The largest absolute Gasteiger partial charge is 0.871 e. The van der Waals surface area contributed by atoms with E-state index in [0.29, 0.717) is 0 Å². The molecule has 0 unspecified atom stereocenters. The molecule has 0 amide bonds. The predicted molar refractivity (Wildman–Crippen MR) is 86.3 cm³/mol. The molecule has 0 heterocycles. The normalized spacial score (nSPS) is 12.7. The topological polar surface area (TPSA) is 93.0 Å². The second kappa shape index (κ2) is 7.90. The minimum absolute atomic E-state index is 0.0714. The van der Waals surface area contributed by atoms with Crippen molar-refractivity contribution in [2.45, 2.75) is 13.3 Å². The SMILES string of the molecule is CCC(=Nc1ccccc1O)/C(C(=O)O)=C(\[O-])c1cc(F)c(F)c(F)c1F. The zero-order valence-electron chi connectivity index (χ0n) is 13.8. The smallest absolute Gasteiger partial charge is 0.336 e. The van der Waals surface area contributed by atoms with Crippen LogP contribution < -0.4 is 5.11 Å². The number of aliphatic carboxylic acids is 1. The van der Waals surface area contributed by atoms with Gasteiger partial charge in [-0.3, -0.25) is 0 Å². The summed E-state index contributed by atoms with van der Waals surface area (Å²) in [5.74, 6) is -12.0. The average Bonchev–Trinajstić information content (AvgIpc) is 2.63. The van der Waals surface area contributed by atoms with Crippen molar-refractivity contribution in [3.05, 3.63) is 64.7 Å². The minimum atomic E-state index is -2.24. The summed E-state index contributed by atoms with van der Waals surface area (Å²) in [5, 5.41) is 31.5. The maximum absolute atomic E-state index is 13.9. The number of rotatable bonds is 5. The van der Waals surface area contributed by atoms with Gasteiger partial charge in [0.2, 0.25) is 0 Å². The van der Waals surface area contributed by atoms with E-state index in [0.717, 1.165) is 0 Å². The Labute approximate surface area is 150 Å². The van der Waals surface area contributed by atoms with Crippen LogP contribution in [0.15, 0.2) is 40.9 Å². The Bertz CT molecular complexity index is 970. The fourth-order valence-corrected chi connectivity index (χ4v) is 2.24. The van der Waals surface area contributed by atoms with Crippen LogP contribution in [0.3, 0.4) is 0 Å². The third-order valence-corrected chi connectivity index (χ3v) is 3.55. The van der Waals surface area contributed by atoms with E-state index < -0.39 is 46.1 Å². The Balaban J connectivity index is 2.75. The number of hydrogen-bond acceptors (Lipinski definition) is 4. The Kier molecular flexibility index (Phi) is 5.84. The van der Waals surface area contributed by atoms with Gasteiger partial charge in [0.25, 0.3) is 0 Å². The van der Waals surface area contributed by atoms with Gasteiger partial charge in [0.15, 0.2) is 23.3 Å². The quantitative estimate of drug-likeness (QED) is 0.207. The number of carbonyl (C=O) groups is 1. The van der Waals surface area contributed by atoms with Crippen molar-refractivity contribution in [3.63, 3.8) is 0 Å². The number of phenolic OH excluding ortho intramolecular Hbond substituents is 1. The van der Waals surface area contributed by atoms with Gasteiger partial charge in [-0.2, -0.15) is 0 Å². The lowest BCUT2D eigenvalue weighted by Crippen LogP contribution is -2.21. The van der Waals surface area contributed by atoms with Crippen LogP contribution in [-0.4, -0.2) is 21.9 Å². The van der Waals surface area contributed by atoms with Crippen LogP contribution in [0.2, 0.25) is 0 Å². The molecule has 0 bridgehead atoms. The van der Waals surface area contributed by atoms with Crippen molar-refractivity contribution in [2.75, 3.05) is 0 Å². The molecule has 0 aliphatic heterocycles. The number of nitrogens with zero attached hydrogens (tertiary/aromatic N) is 1. The number of aliphatic imine (C=N–C) groups is 1. The Morgan fingerprint density at radius 2 is 1.74 bits per heavy atom. The molecule has 0 saturated carbocycles. The Morgan fingerprint density at radius 3 is 2.30 bits per heavy atom. The fourth-order valence-electron chi connectivity index (χ4n) is 2.24. The van der Waals surface area contributed by atoms with Crippen LogP contribution in [0.5, 0.6) is 5.75 Å². The zero-order chi connectivity index (χ0) is 20.3. The molecule has 2 N–H and O–H groups in total. The molecule has 0 radical (unpaired) electrons. The van der Waals surface area contributed by atoms with Gasteiger partial charge in [0, 0.05) is 5.56 Å². The van der Waals surface area contributed by atoms with Gasteiger partial charge in [-0.05, 0) is 24.6 Å². The maximum Gasteiger partial charge on any atom is 0.336 e. The molecule has 0 saturated heterocycles. The molecule has 9 heteroatoms. The van der Waals surface area contributed by atoms with Crippen molar-refractivity contribution in [3.8, 4) is 5.75 Å². The first-order valence-electron chi connectivity index (χ1n) is 7.52. The first-order valence-corrected chi connectivity index (χ1v) is 7.52. The van der Waals surface area contributed by atoms with Gasteiger partial charge < -0.3 is 15.3 Å². The lowest BCUT2D eigenvalue weighted by molar-refractivity contribution is -0.245. The third-order valence-electron chi connectivity index (χ3n) is 3.55. The molecule has 2 aromatic carbocycles. The van der Waals surface area contributed by atoms with Gasteiger partial charge in [0.1, 0.15) is 11.4 Å². The van der Waals surface area contributed by atoms with Gasteiger partial charge >= 0.3 is 5.97 Å². The van der Waals surface area contributed by atoms with Crippen LogP contribution in [0.1, 0.15) is 18.9 Å². The second-order valence-corrected chi connectivity index (χ2v) is 5.26. The van der Waals surface area contributed by atoms with Crippen LogP contribution in [0, 0.1) is 23.3 Å². The summed E-state index contributed by atoms with van der Waals surface area (Å²) < 4.78 is 53.7.